The van der Waals surface area contributed by atoms with Crippen molar-refractivity contribution in [2.24, 2.45) is 5.92 Å². The van der Waals surface area contributed by atoms with Gasteiger partial charge in [0.15, 0.2) is 11.5 Å². The SMILES string of the molecule is COc1c(O)ccc(C)c1CC1CCNCC1. The number of benzene rings is 1. The molecule has 1 aliphatic rings. The van der Waals surface area contributed by atoms with Gasteiger partial charge in [0.05, 0.1) is 7.11 Å². The second kappa shape index (κ2) is 5.41. The zero-order valence-electron chi connectivity index (χ0n) is 10.6. The second-order valence-corrected chi connectivity index (χ2v) is 4.81. The Morgan fingerprint density at radius 1 is 1.35 bits per heavy atom. The van der Waals surface area contributed by atoms with E-state index in [1.54, 1.807) is 13.2 Å². The Morgan fingerprint density at radius 3 is 2.71 bits per heavy atom. The number of phenols is 1. The number of rotatable bonds is 3. The number of ether oxygens (including phenoxy) is 1. The van der Waals surface area contributed by atoms with Gasteiger partial charge in [0.25, 0.3) is 0 Å². The Bertz CT molecular complexity index is 384. The molecule has 1 saturated heterocycles. The number of phenolic OH excluding ortho intramolecular Hbond substituents is 1. The third-order valence-corrected chi connectivity index (χ3v) is 3.63. The van der Waals surface area contributed by atoms with Gasteiger partial charge in [-0.05, 0) is 56.8 Å². The molecule has 1 aliphatic heterocycles. The van der Waals surface area contributed by atoms with Crippen molar-refractivity contribution in [3.05, 3.63) is 23.3 Å². The molecule has 1 aromatic carbocycles. The van der Waals surface area contributed by atoms with E-state index in [2.05, 4.69) is 12.2 Å². The summed E-state index contributed by atoms with van der Waals surface area (Å²) in [5.74, 6) is 1.61. The predicted octanol–water partition coefficient (Wildman–Crippen LogP) is 2.25. The highest BCUT2D eigenvalue weighted by molar-refractivity contribution is 5.49. The van der Waals surface area contributed by atoms with Crippen LogP contribution in [0.1, 0.15) is 24.0 Å². The molecular formula is C14H21NO2. The molecule has 0 aromatic heterocycles. The van der Waals surface area contributed by atoms with Gasteiger partial charge >= 0.3 is 0 Å². The van der Waals surface area contributed by atoms with Gasteiger partial charge in [-0.3, -0.25) is 0 Å². The minimum Gasteiger partial charge on any atom is -0.504 e. The van der Waals surface area contributed by atoms with E-state index in [4.69, 9.17) is 4.74 Å². The average Bonchev–Trinajstić information content (AvgIpc) is 2.35. The normalized spacial score (nSPS) is 17.1. The van der Waals surface area contributed by atoms with Crippen molar-refractivity contribution < 1.29 is 9.84 Å². The topological polar surface area (TPSA) is 41.5 Å². The van der Waals surface area contributed by atoms with Crippen LogP contribution < -0.4 is 10.1 Å². The summed E-state index contributed by atoms with van der Waals surface area (Å²) < 4.78 is 5.33. The van der Waals surface area contributed by atoms with E-state index in [0.29, 0.717) is 11.7 Å². The number of hydrogen-bond donors (Lipinski definition) is 2. The van der Waals surface area contributed by atoms with E-state index in [9.17, 15) is 5.11 Å². The van der Waals surface area contributed by atoms with Crippen molar-refractivity contribution in [1.82, 2.24) is 5.32 Å². The third kappa shape index (κ3) is 2.72. The summed E-state index contributed by atoms with van der Waals surface area (Å²) in [5.41, 5.74) is 2.37. The van der Waals surface area contributed by atoms with E-state index in [0.717, 1.165) is 19.5 Å². The number of piperidine rings is 1. The Labute approximate surface area is 103 Å². The van der Waals surface area contributed by atoms with Crippen LogP contribution in [0.2, 0.25) is 0 Å². The molecule has 1 aromatic rings. The summed E-state index contributed by atoms with van der Waals surface area (Å²) in [4.78, 5) is 0. The largest absolute Gasteiger partial charge is 0.504 e. The lowest BCUT2D eigenvalue weighted by molar-refractivity contribution is 0.347. The summed E-state index contributed by atoms with van der Waals surface area (Å²) in [6.45, 7) is 4.29. The maximum Gasteiger partial charge on any atom is 0.163 e. The Hall–Kier alpha value is -1.22. The molecular weight excluding hydrogens is 214 g/mol. The van der Waals surface area contributed by atoms with E-state index in [-0.39, 0.29) is 5.75 Å². The molecule has 94 valence electrons. The molecule has 0 spiro atoms. The van der Waals surface area contributed by atoms with Crippen molar-refractivity contribution in [3.8, 4) is 11.5 Å². The molecule has 2 rings (SSSR count). The van der Waals surface area contributed by atoms with Crippen molar-refractivity contribution >= 4 is 0 Å². The highest BCUT2D eigenvalue weighted by atomic mass is 16.5. The van der Waals surface area contributed by atoms with Crippen LogP contribution in [0.25, 0.3) is 0 Å². The lowest BCUT2D eigenvalue weighted by atomic mass is 9.88. The molecule has 0 amide bonds. The molecule has 2 N–H and O–H groups in total. The van der Waals surface area contributed by atoms with Gasteiger partial charge in [-0.25, -0.2) is 0 Å². The standard InChI is InChI=1S/C14H21NO2/c1-10-3-4-13(16)14(17-2)12(10)9-11-5-7-15-8-6-11/h3-4,11,15-16H,5-9H2,1-2H3. The average molecular weight is 235 g/mol. The van der Waals surface area contributed by atoms with Gasteiger partial charge in [-0.1, -0.05) is 6.07 Å². The van der Waals surface area contributed by atoms with Crippen LogP contribution >= 0.6 is 0 Å². The van der Waals surface area contributed by atoms with Gasteiger partial charge in [0, 0.05) is 5.56 Å². The summed E-state index contributed by atoms with van der Waals surface area (Å²) >= 11 is 0. The molecule has 1 heterocycles. The molecule has 17 heavy (non-hydrogen) atoms. The summed E-state index contributed by atoms with van der Waals surface area (Å²) in [5, 5.41) is 13.2. The van der Waals surface area contributed by atoms with E-state index in [1.807, 2.05) is 6.07 Å². The molecule has 0 atom stereocenters. The van der Waals surface area contributed by atoms with Crippen LogP contribution in [0.5, 0.6) is 11.5 Å². The lowest BCUT2D eigenvalue weighted by Gasteiger charge is -2.24. The van der Waals surface area contributed by atoms with Crippen LogP contribution in [0.4, 0.5) is 0 Å². The molecule has 0 radical (unpaired) electrons. The first-order chi connectivity index (χ1) is 8.22. The fraction of sp³-hybridized carbons (Fsp3) is 0.571. The second-order valence-electron chi connectivity index (χ2n) is 4.81. The van der Waals surface area contributed by atoms with Crippen LogP contribution in [0.15, 0.2) is 12.1 Å². The molecule has 1 fully saturated rings. The first kappa shape index (κ1) is 12.2. The van der Waals surface area contributed by atoms with Crippen molar-refractivity contribution in [2.75, 3.05) is 20.2 Å². The quantitative estimate of drug-likeness (QED) is 0.844. The van der Waals surface area contributed by atoms with Gasteiger partial charge < -0.3 is 15.2 Å². The van der Waals surface area contributed by atoms with Gasteiger partial charge in [-0.15, -0.1) is 0 Å². The number of aryl methyl sites for hydroxylation is 1. The van der Waals surface area contributed by atoms with Gasteiger partial charge in [0.1, 0.15) is 0 Å². The fourth-order valence-electron chi connectivity index (χ4n) is 2.57. The minimum atomic E-state index is 0.252. The van der Waals surface area contributed by atoms with Gasteiger partial charge in [-0.2, -0.15) is 0 Å². The van der Waals surface area contributed by atoms with E-state index >= 15 is 0 Å². The zero-order chi connectivity index (χ0) is 12.3. The predicted molar refractivity (Wildman–Crippen MR) is 68.7 cm³/mol. The van der Waals surface area contributed by atoms with E-state index in [1.165, 1.54) is 24.0 Å². The number of nitrogens with one attached hydrogen (secondary N) is 1. The molecule has 3 nitrogen and oxygen atoms in total. The van der Waals surface area contributed by atoms with Gasteiger partial charge in [0.2, 0.25) is 0 Å². The summed E-state index contributed by atoms with van der Waals surface area (Å²) in [6.07, 6.45) is 3.42. The summed E-state index contributed by atoms with van der Waals surface area (Å²) in [6, 6.07) is 3.67. The van der Waals surface area contributed by atoms with Crippen LogP contribution in [0.3, 0.4) is 0 Å². The molecule has 0 bridgehead atoms. The third-order valence-electron chi connectivity index (χ3n) is 3.63. The fourth-order valence-corrected chi connectivity index (χ4v) is 2.57. The smallest absolute Gasteiger partial charge is 0.163 e. The Balaban J connectivity index is 2.21. The van der Waals surface area contributed by atoms with Crippen LogP contribution in [-0.4, -0.2) is 25.3 Å². The monoisotopic (exact) mass is 235 g/mol. The highest BCUT2D eigenvalue weighted by Crippen LogP contribution is 2.35. The Morgan fingerprint density at radius 2 is 2.06 bits per heavy atom. The maximum absolute atomic E-state index is 9.81. The zero-order valence-corrected chi connectivity index (χ0v) is 10.6. The molecule has 3 heteroatoms. The van der Waals surface area contributed by atoms with E-state index < -0.39 is 0 Å². The number of hydrogen-bond acceptors (Lipinski definition) is 3. The number of methoxy groups -OCH3 is 1. The first-order valence-electron chi connectivity index (χ1n) is 6.28. The van der Waals surface area contributed by atoms with Crippen molar-refractivity contribution in [2.45, 2.75) is 26.2 Å². The molecule has 0 saturated carbocycles. The van der Waals surface area contributed by atoms with Crippen LogP contribution in [-0.2, 0) is 6.42 Å². The minimum absolute atomic E-state index is 0.252. The maximum atomic E-state index is 9.81. The first-order valence-corrected chi connectivity index (χ1v) is 6.28. The van der Waals surface area contributed by atoms with Crippen molar-refractivity contribution in [3.63, 3.8) is 0 Å². The highest BCUT2D eigenvalue weighted by Gasteiger charge is 2.18. The van der Waals surface area contributed by atoms with Crippen LogP contribution in [0, 0.1) is 12.8 Å². The van der Waals surface area contributed by atoms with Crippen molar-refractivity contribution in [1.29, 1.82) is 0 Å². The Kier molecular flexibility index (Phi) is 3.89. The number of aromatic hydroxyl groups is 1. The molecule has 0 unspecified atom stereocenters. The summed E-state index contributed by atoms with van der Waals surface area (Å²) in [7, 11) is 1.63. The lowest BCUT2D eigenvalue weighted by Crippen LogP contribution is -2.28. The molecule has 0 aliphatic carbocycles.